The van der Waals surface area contributed by atoms with Gasteiger partial charge in [0.2, 0.25) is 0 Å². The molecule has 0 bridgehead atoms. The monoisotopic (exact) mass is 208 g/mol. The first-order valence-electron chi connectivity index (χ1n) is 5.24. The highest BCUT2D eigenvalue weighted by Gasteiger charge is 2.14. The Morgan fingerprint density at radius 3 is 2.33 bits per heavy atom. The van der Waals surface area contributed by atoms with Crippen molar-refractivity contribution in [2.75, 3.05) is 11.1 Å². The van der Waals surface area contributed by atoms with Crippen molar-refractivity contribution in [2.24, 2.45) is 0 Å². The van der Waals surface area contributed by atoms with E-state index < -0.39 is 0 Å². The van der Waals surface area contributed by atoms with Crippen LogP contribution < -0.4 is 11.1 Å². The number of aryl methyl sites for hydroxylation is 1. The first-order chi connectivity index (χ1) is 6.83. The van der Waals surface area contributed by atoms with E-state index in [1.807, 2.05) is 13.8 Å². The molecule has 0 aromatic carbocycles. The molecule has 0 radical (unpaired) electrons. The van der Waals surface area contributed by atoms with Crippen LogP contribution in [0.1, 0.15) is 39.1 Å². The molecule has 3 N–H and O–H groups in total. The van der Waals surface area contributed by atoms with E-state index in [2.05, 4.69) is 36.1 Å². The van der Waals surface area contributed by atoms with Gasteiger partial charge in [0, 0.05) is 17.5 Å². The quantitative estimate of drug-likeness (QED) is 0.781. The van der Waals surface area contributed by atoms with E-state index in [1.165, 1.54) is 0 Å². The van der Waals surface area contributed by atoms with E-state index in [-0.39, 0.29) is 5.54 Å². The van der Waals surface area contributed by atoms with Crippen LogP contribution >= 0.6 is 0 Å². The zero-order chi connectivity index (χ0) is 11.6. The van der Waals surface area contributed by atoms with Crippen molar-refractivity contribution in [3.8, 4) is 0 Å². The van der Waals surface area contributed by atoms with Gasteiger partial charge in [0.1, 0.15) is 17.5 Å². The molecule has 0 aliphatic rings. The van der Waals surface area contributed by atoms with Crippen molar-refractivity contribution in [3.05, 3.63) is 11.4 Å². The number of nitrogens with zero attached hydrogens (tertiary/aromatic N) is 2. The van der Waals surface area contributed by atoms with E-state index in [9.17, 15) is 0 Å². The van der Waals surface area contributed by atoms with Crippen LogP contribution in [0.3, 0.4) is 0 Å². The van der Waals surface area contributed by atoms with Gasteiger partial charge in [0.15, 0.2) is 0 Å². The smallest absolute Gasteiger partial charge is 0.135 e. The molecule has 0 aliphatic carbocycles. The van der Waals surface area contributed by atoms with Gasteiger partial charge < -0.3 is 11.1 Å². The van der Waals surface area contributed by atoms with Crippen LogP contribution in [-0.4, -0.2) is 15.5 Å². The Kier molecular flexibility index (Phi) is 3.17. The minimum Gasteiger partial charge on any atom is -0.383 e. The van der Waals surface area contributed by atoms with Crippen LogP contribution in [0.5, 0.6) is 0 Å². The van der Waals surface area contributed by atoms with E-state index in [0.29, 0.717) is 5.82 Å². The third-order valence-electron chi connectivity index (χ3n) is 2.04. The van der Waals surface area contributed by atoms with Crippen LogP contribution in [0.15, 0.2) is 0 Å². The Hall–Kier alpha value is -1.32. The maximum absolute atomic E-state index is 5.82. The fraction of sp³-hybridized carbons (Fsp3) is 0.636. The van der Waals surface area contributed by atoms with Crippen molar-refractivity contribution in [1.82, 2.24) is 9.97 Å². The van der Waals surface area contributed by atoms with Gasteiger partial charge in [0.25, 0.3) is 0 Å². The van der Waals surface area contributed by atoms with Crippen LogP contribution in [-0.2, 0) is 6.42 Å². The molecule has 1 aromatic rings. The number of hydrogen-bond donors (Lipinski definition) is 2. The molecule has 84 valence electrons. The Morgan fingerprint density at radius 2 is 1.87 bits per heavy atom. The standard InChI is InChI=1S/C11H20N4/c1-6-8-13-9(12)7(2)10(14-8)15-11(3,4)5/h6H2,1-5H3,(H3,12,13,14,15). The third kappa shape index (κ3) is 3.08. The second kappa shape index (κ2) is 4.04. The van der Waals surface area contributed by atoms with Gasteiger partial charge in [0.05, 0.1) is 0 Å². The summed E-state index contributed by atoms with van der Waals surface area (Å²) in [5.74, 6) is 2.19. The molecule has 0 atom stereocenters. The number of aromatic nitrogens is 2. The molecular weight excluding hydrogens is 188 g/mol. The Balaban J connectivity index is 3.11. The second-order valence-electron chi connectivity index (χ2n) is 4.73. The van der Waals surface area contributed by atoms with E-state index >= 15 is 0 Å². The van der Waals surface area contributed by atoms with Crippen molar-refractivity contribution in [1.29, 1.82) is 0 Å². The van der Waals surface area contributed by atoms with Gasteiger partial charge in [-0.15, -0.1) is 0 Å². The lowest BCUT2D eigenvalue weighted by Crippen LogP contribution is -2.27. The van der Waals surface area contributed by atoms with Crippen molar-refractivity contribution >= 4 is 11.6 Å². The maximum atomic E-state index is 5.82. The number of hydrogen-bond acceptors (Lipinski definition) is 4. The molecule has 0 saturated heterocycles. The summed E-state index contributed by atoms with van der Waals surface area (Å²) in [6.45, 7) is 10.2. The predicted molar refractivity (Wildman–Crippen MR) is 63.9 cm³/mol. The summed E-state index contributed by atoms with van der Waals surface area (Å²) in [6, 6.07) is 0. The zero-order valence-corrected chi connectivity index (χ0v) is 10.2. The van der Waals surface area contributed by atoms with E-state index in [4.69, 9.17) is 5.73 Å². The molecule has 4 heteroatoms. The number of rotatable bonds is 2. The molecule has 1 aromatic heterocycles. The van der Waals surface area contributed by atoms with Gasteiger partial charge in [-0.2, -0.15) is 0 Å². The molecule has 0 spiro atoms. The number of nitrogens with two attached hydrogens (primary N) is 1. The second-order valence-corrected chi connectivity index (χ2v) is 4.73. The van der Waals surface area contributed by atoms with Gasteiger partial charge in [-0.1, -0.05) is 6.92 Å². The van der Waals surface area contributed by atoms with Crippen LogP contribution in [0.2, 0.25) is 0 Å². The van der Waals surface area contributed by atoms with Crippen molar-refractivity contribution in [2.45, 2.75) is 46.6 Å². The lowest BCUT2D eigenvalue weighted by molar-refractivity contribution is 0.628. The SMILES string of the molecule is CCc1nc(N)c(C)c(NC(C)(C)C)n1. The molecule has 4 nitrogen and oxygen atoms in total. The lowest BCUT2D eigenvalue weighted by atomic mass is 10.1. The molecule has 1 heterocycles. The third-order valence-corrected chi connectivity index (χ3v) is 2.04. The molecule has 1 rings (SSSR count). The summed E-state index contributed by atoms with van der Waals surface area (Å²) in [4.78, 5) is 8.64. The van der Waals surface area contributed by atoms with E-state index in [0.717, 1.165) is 23.6 Å². The van der Waals surface area contributed by atoms with E-state index in [1.54, 1.807) is 0 Å². The minimum absolute atomic E-state index is 0.0173. The predicted octanol–water partition coefficient (Wildman–Crippen LogP) is 2.14. The summed E-state index contributed by atoms with van der Waals surface area (Å²) in [6.07, 6.45) is 0.795. The van der Waals surface area contributed by atoms with Crippen molar-refractivity contribution < 1.29 is 0 Å². The summed E-state index contributed by atoms with van der Waals surface area (Å²) in [7, 11) is 0. The first-order valence-corrected chi connectivity index (χ1v) is 5.24. The van der Waals surface area contributed by atoms with Gasteiger partial charge in [-0.25, -0.2) is 9.97 Å². The van der Waals surface area contributed by atoms with Crippen LogP contribution in [0.4, 0.5) is 11.6 Å². The highest BCUT2D eigenvalue weighted by molar-refractivity contribution is 5.55. The molecule has 0 saturated carbocycles. The normalized spacial score (nSPS) is 11.5. The number of nitrogens with one attached hydrogen (secondary N) is 1. The molecular formula is C11H20N4. The summed E-state index contributed by atoms with van der Waals surface area (Å²) in [5.41, 5.74) is 6.73. The molecule has 0 amide bonds. The first kappa shape index (κ1) is 11.8. The van der Waals surface area contributed by atoms with Gasteiger partial charge in [-0.3, -0.25) is 0 Å². The Labute approximate surface area is 91.3 Å². The average Bonchev–Trinajstić information content (AvgIpc) is 2.10. The number of anilines is 2. The molecule has 0 unspecified atom stereocenters. The van der Waals surface area contributed by atoms with Crippen LogP contribution in [0, 0.1) is 6.92 Å². The summed E-state index contributed by atoms with van der Waals surface area (Å²) >= 11 is 0. The Morgan fingerprint density at radius 1 is 1.27 bits per heavy atom. The largest absolute Gasteiger partial charge is 0.383 e. The fourth-order valence-electron chi connectivity index (χ4n) is 1.22. The van der Waals surface area contributed by atoms with Crippen molar-refractivity contribution in [3.63, 3.8) is 0 Å². The average molecular weight is 208 g/mol. The molecule has 0 aliphatic heterocycles. The molecule has 15 heavy (non-hydrogen) atoms. The van der Waals surface area contributed by atoms with Gasteiger partial charge in [-0.05, 0) is 27.7 Å². The summed E-state index contributed by atoms with van der Waals surface area (Å²) in [5, 5.41) is 3.33. The minimum atomic E-state index is -0.0173. The van der Waals surface area contributed by atoms with Crippen LogP contribution in [0.25, 0.3) is 0 Å². The lowest BCUT2D eigenvalue weighted by Gasteiger charge is -2.23. The number of nitrogen functional groups attached to an aromatic ring is 1. The fourth-order valence-corrected chi connectivity index (χ4v) is 1.22. The molecule has 0 fully saturated rings. The Bertz CT molecular complexity index is 352. The summed E-state index contributed by atoms with van der Waals surface area (Å²) < 4.78 is 0. The maximum Gasteiger partial charge on any atom is 0.135 e. The highest BCUT2D eigenvalue weighted by Crippen LogP contribution is 2.20. The topological polar surface area (TPSA) is 63.8 Å². The highest BCUT2D eigenvalue weighted by atomic mass is 15.1. The van der Waals surface area contributed by atoms with Gasteiger partial charge >= 0.3 is 0 Å². The zero-order valence-electron chi connectivity index (χ0n) is 10.2.